The van der Waals surface area contributed by atoms with Crippen LogP contribution in [0.4, 0.5) is 4.79 Å². The lowest BCUT2D eigenvalue weighted by molar-refractivity contribution is -0.151. The number of carbonyl (C=O) groups excluding carboxylic acids is 3. The van der Waals surface area contributed by atoms with Gasteiger partial charge in [0.25, 0.3) is 0 Å². The number of carbonyl (C=O) groups is 3. The van der Waals surface area contributed by atoms with Gasteiger partial charge in [-0.15, -0.1) is 0 Å². The first-order valence-electron chi connectivity index (χ1n) is 27.7. The molecule has 0 aliphatic rings. The Morgan fingerprint density at radius 2 is 0.619 bits per heavy atom. The Labute approximate surface area is 392 Å². The second-order valence-corrected chi connectivity index (χ2v) is 19.4. The fourth-order valence-electron chi connectivity index (χ4n) is 8.55. The highest BCUT2D eigenvalue weighted by Crippen LogP contribution is 2.21. The first kappa shape index (κ1) is 61.2. The van der Waals surface area contributed by atoms with Gasteiger partial charge in [0, 0.05) is 32.5 Å². The molecule has 0 saturated heterocycles. The number of hydrogen-bond donors (Lipinski definition) is 0. The topological polar surface area (TPSA) is 85.4 Å². The van der Waals surface area contributed by atoms with E-state index in [0.717, 1.165) is 174 Å². The number of rotatable bonds is 48. The molecule has 0 heterocycles. The molecule has 63 heavy (non-hydrogen) atoms. The largest absolute Gasteiger partial charge is 0.462 e. The lowest BCUT2D eigenvalue weighted by Crippen LogP contribution is -2.39. The summed E-state index contributed by atoms with van der Waals surface area (Å²) in [7, 11) is 4.11. The highest BCUT2D eigenvalue weighted by molar-refractivity contribution is 5.70. The Morgan fingerprint density at radius 1 is 0.333 bits per heavy atom. The number of unbranched alkanes of at least 4 members (excludes halogenated alkanes) is 24. The normalized spacial score (nSPS) is 11.7. The van der Waals surface area contributed by atoms with Crippen molar-refractivity contribution in [2.75, 3.05) is 33.7 Å². The second-order valence-electron chi connectivity index (χ2n) is 19.4. The third kappa shape index (κ3) is 41.3. The second kappa shape index (κ2) is 46.7. The number of nitrogens with zero attached hydrogens (tertiary/aromatic N) is 2. The van der Waals surface area contributed by atoms with Crippen LogP contribution in [0, 0.1) is 0 Å². The van der Waals surface area contributed by atoms with Gasteiger partial charge in [0.1, 0.15) is 18.3 Å². The molecule has 0 unspecified atom stereocenters. The molecule has 0 aromatic heterocycles. The Morgan fingerprint density at radius 3 is 0.952 bits per heavy atom. The van der Waals surface area contributed by atoms with Crippen LogP contribution in [0.1, 0.15) is 285 Å². The minimum atomic E-state index is -0.148. The molecule has 0 atom stereocenters. The standard InChI is InChI=1S/C55H108N2O6/c1-8-13-18-30-39-50(40-31-19-14-9-2)61-53(58)45-36-28-24-22-26-34-43-52(63-55(60)57(47-38-17-12-5)49-48-56(6)7)44-35-27-23-25-29-37-46-54(59)62-51(41-32-20-15-10-3)42-33-21-16-11-4/h50-52H,8-49H2,1-7H3. The average Bonchev–Trinajstić information content (AvgIpc) is 3.26. The zero-order chi connectivity index (χ0) is 46.4. The minimum Gasteiger partial charge on any atom is -0.462 e. The molecule has 0 saturated carbocycles. The molecule has 0 bridgehead atoms. The van der Waals surface area contributed by atoms with Crippen molar-refractivity contribution in [3.63, 3.8) is 0 Å². The smallest absolute Gasteiger partial charge is 0.410 e. The Hall–Kier alpha value is -1.83. The molecule has 0 rings (SSSR count). The lowest BCUT2D eigenvalue weighted by atomic mass is 10.0. The van der Waals surface area contributed by atoms with E-state index >= 15 is 0 Å². The first-order chi connectivity index (χ1) is 30.7. The third-order valence-electron chi connectivity index (χ3n) is 12.8. The molecule has 0 aromatic rings. The number of amides is 1. The number of ether oxygens (including phenoxy) is 3. The van der Waals surface area contributed by atoms with E-state index in [1.807, 2.05) is 4.90 Å². The van der Waals surface area contributed by atoms with Gasteiger partial charge in [0.2, 0.25) is 0 Å². The van der Waals surface area contributed by atoms with Crippen LogP contribution in [0.2, 0.25) is 0 Å². The van der Waals surface area contributed by atoms with Crippen molar-refractivity contribution in [1.29, 1.82) is 0 Å². The van der Waals surface area contributed by atoms with Crippen molar-refractivity contribution in [2.45, 2.75) is 303 Å². The summed E-state index contributed by atoms with van der Waals surface area (Å²) in [6.07, 6.45) is 42.6. The van der Waals surface area contributed by atoms with Crippen molar-refractivity contribution in [2.24, 2.45) is 0 Å². The highest BCUT2D eigenvalue weighted by atomic mass is 16.6. The van der Waals surface area contributed by atoms with Gasteiger partial charge in [-0.25, -0.2) is 4.79 Å². The zero-order valence-corrected chi connectivity index (χ0v) is 43.3. The van der Waals surface area contributed by atoms with Crippen LogP contribution in [0.25, 0.3) is 0 Å². The van der Waals surface area contributed by atoms with Gasteiger partial charge in [-0.1, -0.05) is 176 Å². The van der Waals surface area contributed by atoms with Gasteiger partial charge in [-0.05, 0) is 110 Å². The maximum atomic E-state index is 13.5. The summed E-state index contributed by atoms with van der Waals surface area (Å²) in [5.41, 5.74) is 0. The first-order valence-corrected chi connectivity index (χ1v) is 27.7. The van der Waals surface area contributed by atoms with Gasteiger partial charge in [0.05, 0.1) is 0 Å². The third-order valence-corrected chi connectivity index (χ3v) is 12.8. The highest BCUT2D eigenvalue weighted by Gasteiger charge is 2.21. The van der Waals surface area contributed by atoms with Crippen LogP contribution in [0.15, 0.2) is 0 Å². The van der Waals surface area contributed by atoms with Crippen LogP contribution in [0.5, 0.6) is 0 Å². The van der Waals surface area contributed by atoms with Gasteiger partial charge in [-0.3, -0.25) is 9.59 Å². The summed E-state index contributed by atoms with van der Waals surface area (Å²) in [6, 6.07) is 0. The fraction of sp³-hybridized carbons (Fsp3) is 0.945. The van der Waals surface area contributed by atoms with Crippen LogP contribution in [-0.2, 0) is 23.8 Å². The van der Waals surface area contributed by atoms with Crippen molar-refractivity contribution in [3.05, 3.63) is 0 Å². The summed E-state index contributed by atoms with van der Waals surface area (Å²) >= 11 is 0. The van der Waals surface area contributed by atoms with E-state index in [0.29, 0.717) is 19.4 Å². The van der Waals surface area contributed by atoms with Crippen LogP contribution in [0.3, 0.4) is 0 Å². The van der Waals surface area contributed by atoms with Crippen LogP contribution in [-0.4, -0.2) is 79.9 Å². The van der Waals surface area contributed by atoms with Crippen molar-refractivity contribution in [1.82, 2.24) is 9.80 Å². The lowest BCUT2D eigenvalue weighted by Gasteiger charge is -2.27. The maximum absolute atomic E-state index is 13.5. The van der Waals surface area contributed by atoms with Crippen LogP contribution < -0.4 is 0 Å². The molecular weight excluding hydrogens is 785 g/mol. The molecule has 8 heteroatoms. The maximum Gasteiger partial charge on any atom is 0.410 e. The van der Waals surface area contributed by atoms with Gasteiger partial charge >= 0.3 is 18.0 Å². The number of esters is 2. The molecule has 1 amide bonds. The molecule has 0 spiro atoms. The SMILES string of the molecule is CCCCCCC(CCCCCC)OC(=O)CCCCCCCCC(CCCCCCCCC(=O)OC(CCCCCC)CCCCCC)OC(=O)N(CCCCC)CCN(C)C. The molecule has 374 valence electrons. The fourth-order valence-corrected chi connectivity index (χ4v) is 8.55. The minimum absolute atomic E-state index is 0.00467. The van der Waals surface area contributed by atoms with E-state index in [1.54, 1.807) is 0 Å². The summed E-state index contributed by atoms with van der Waals surface area (Å²) in [6.45, 7) is 13.4. The molecular formula is C55H108N2O6. The van der Waals surface area contributed by atoms with Gasteiger partial charge in [-0.2, -0.15) is 0 Å². The van der Waals surface area contributed by atoms with Crippen LogP contribution >= 0.6 is 0 Å². The Balaban J connectivity index is 4.83. The Bertz CT molecular complexity index is 926. The van der Waals surface area contributed by atoms with E-state index in [4.69, 9.17) is 14.2 Å². The van der Waals surface area contributed by atoms with E-state index in [2.05, 4.69) is 53.6 Å². The van der Waals surface area contributed by atoms with Crippen molar-refractivity contribution in [3.8, 4) is 0 Å². The predicted octanol–water partition coefficient (Wildman–Crippen LogP) is 16.5. The van der Waals surface area contributed by atoms with E-state index in [-0.39, 0.29) is 36.3 Å². The average molecular weight is 893 g/mol. The van der Waals surface area contributed by atoms with Crippen molar-refractivity contribution >= 4 is 18.0 Å². The number of likely N-dealkylation sites (N-methyl/N-ethyl adjacent to an activating group) is 1. The molecule has 0 radical (unpaired) electrons. The van der Waals surface area contributed by atoms with E-state index < -0.39 is 0 Å². The predicted molar refractivity (Wildman–Crippen MR) is 269 cm³/mol. The summed E-state index contributed by atoms with van der Waals surface area (Å²) in [5.74, 6) is -0.00934. The molecule has 0 aliphatic carbocycles. The molecule has 0 aromatic carbocycles. The van der Waals surface area contributed by atoms with Gasteiger partial charge < -0.3 is 24.0 Å². The summed E-state index contributed by atoms with van der Waals surface area (Å²) in [5, 5.41) is 0. The number of hydrogen-bond acceptors (Lipinski definition) is 7. The summed E-state index contributed by atoms with van der Waals surface area (Å²) in [4.78, 5) is 43.1. The van der Waals surface area contributed by atoms with E-state index in [1.165, 1.54) is 77.0 Å². The van der Waals surface area contributed by atoms with E-state index in [9.17, 15) is 14.4 Å². The molecule has 0 aliphatic heterocycles. The molecule has 0 N–H and O–H groups in total. The Kier molecular flexibility index (Phi) is 45.3. The summed E-state index contributed by atoms with van der Waals surface area (Å²) < 4.78 is 18.3. The molecule has 8 nitrogen and oxygen atoms in total. The monoisotopic (exact) mass is 893 g/mol. The van der Waals surface area contributed by atoms with Gasteiger partial charge in [0.15, 0.2) is 0 Å². The zero-order valence-electron chi connectivity index (χ0n) is 43.3. The quantitative estimate of drug-likeness (QED) is 0.0342. The van der Waals surface area contributed by atoms with Crippen molar-refractivity contribution < 1.29 is 28.6 Å². The molecule has 0 fully saturated rings.